The number of hydrogen-bond acceptors (Lipinski definition) is 5. The highest BCUT2D eigenvalue weighted by Gasteiger charge is 2.15. The van der Waals surface area contributed by atoms with E-state index < -0.39 is 0 Å². The molecule has 3 rings (SSSR count). The zero-order chi connectivity index (χ0) is 15.9. The molecule has 0 saturated carbocycles. The van der Waals surface area contributed by atoms with Gasteiger partial charge in [0.05, 0.1) is 11.4 Å². The minimum Gasteiger partial charge on any atom is -0.397 e. The Kier molecular flexibility index (Phi) is 5.91. The summed E-state index contributed by atoms with van der Waals surface area (Å²) in [7, 11) is 0. The predicted molar refractivity (Wildman–Crippen MR) is 100.0 cm³/mol. The number of anilines is 2. The number of hydrogen-bond donors (Lipinski definition) is 4. The minimum absolute atomic E-state index is 0.566. The van der Waals surface area contributed by atoms with Crippen LogP contribution >= 0.6 is 11.3 Å². The Bertz CT molecular complexity index is 605. The molecule has 1 aliphatic heterocycles. The predicted octanol–water partition coefficient (Wildman–Crippen LogP) is 3.35. The van der Waals surface area contributed by atoms with Crippen molar-refractivity contribution < 1.29 is 0 Å². The third kappa shape index (κ3) is 4.70. The minimum atomic E-state index is 0.566. The first-order valence-corrected chi connectivity index (χ1v) is 9.30. The Morgan fingerprint density at radius 2 is 2.13 bits per heavy atom. The molecule has 0 amide bonds. The molecule has 5 N–H and O–H groups in total. The van der Waals surface area contributed by atoms with E-state index in [1.165, 1.54) is 29.7 Å². The second-order valence-electron chi connectivity index (χ2n) is 6.04. The van der Waals surface area contributed by atoms with E-state index in [0.717, 1.165) is 37.6 Å². The average molecular weight is 331 g/mol. The Morgan fingerprint density at radius 3 is 2.96 bits per heavy atom. The molecule has 2 aromatic rings. The zero-order valence-corrected chi connectivity index (χ0v) is 14.3. The number of nitrogens with one attached hydrogen (secondary N) is 3. The molecule has 4 nitrogen and oxygen atoms in total. The molecule has 1 aliphatic rings. The van der Waals surface area contributed by atoms with Crippen LogP contribution in [0.2, 0.25) is 0 Å². The fourth-order valence-corrected chi connectivity index (χ4v) is 3.87. The van der Waals surface area contributed by atoms with Gasteiger partial charge < -0.3 is 21.7 Å². The first kappa shape index (κ1) is 16.3. The lowest BCUT2D eigenvalue weighted by Crippen LogP contribution is -2.26. The SMILES string of the molecule is Nc1ccccc1NCCNCc1cc(C2CCCCN2)cs1. The number of benzene rings is 1. The summed E-state index contributed by atoms with van der Waals surface area (Å²) in [6, 6.07) is 10.8. The summed E-state index contributed by atoms with van der Waals surface area (Å²) in [6.07, 6.45) is 3.93. The number of para-hydroxylation sites is 2. The second-order valence-corrected chi connectivity index (χ2v) is 7.04. The van der Waals surface area contributed by atoms with Crippen molar-refractivity contribution in [3.63, 3.8) is 0 Å². The van der Waals surface area contributed by atoms with Crippen molar-refractivity contribution >= 4 is 22.7 Å². The van der Waals surface area contributed by atoms with E-state index in [0.29, 0.717) is 6.04 Å². The molecule has 0 spiro atoms. The average Bonchev–Trinajstić information content (AvgIpc) is 3.06. The third-order valence-corrected chi connectivity index (χ3v) is 5.22. The molecule has 0 bridgehead atoms. The largest absolute Gasteiger partial charge is 0.397 e. The molecular formula is C18H26N4S. The number of thiophene rings is 1. The van der Waals surface area contributed by atoms with Crippen molar-refractivity contribution in [3.05, 3.63) is 46.2 Å². The maximum absolute atomic E-state index is 5.91. The van der Waals surface area contributed by atoms with Crippen molar-refractivity contribution in [2.24, 2.45) is 0 Å². The smallest absolute Gasteiger partial charge is 0.0574 e. The fourth-order valence-electron chi connectivity index (χ4n) is 2.96. The number of piperidine rings is 1. The van der Waals surface area contributed by atoms with Gasteiger partial charge in [-0.15, -0.1) is 11.3 Å². The van der Waals surface area contributed by atoms with Crippen LogP contribution in [0, 0.1) is 0 Å². The summed E-state index contributed by atoms with van der Waals surface area (Å²) < 4.78 is 0. The summed E-state index contributed by atoms with van der Waals surface area (Å²) >= 11 is 1.86. The number of nitrogen functional groups attached to an aromatic ring is 1. The Balaban J connectivity index is 1.37. The van der Waals surface area contributed by atoms with Gasteiger partial charge >= 0.3 is 0 Å². The van der Waals surface area contributed by atoms with Crippen molar-refractivity contribution in [3.8, 4) is 0 Å². The molecule has 1 unspecified atom stereocenters. The van der Waals surface area contributed by atoms with Crippen LogP contribution in [0.25, 0.3) is 0 Å². The Morgan fingerprint density at radius 1 is 1.22 bits per heavy atom. The van der Waals surface area contributed by atoms with Crippen molar-refractivity contribution in [2.75, 3.05) is 30.7 Å². The first-order chi connectivity index (χ1) is 11.3. The van der Waals surface area contributed by atoms with E-state index in [1.54, 1.807) is 0 Å². The molecule has 0 radical (unpaired) electrons. The van der Waals surface area contributed by atoms with Crippen molar-refractivity contribution in [1.29, 1.82) is 0 Å². The molecule has 124 valence electrons. The fraction of sp³-hybridized carbons (Fsp3) is 0.444. The summed E-state index contributed by atoms with van der Waals surface area (Å²) in [4.78, 5) is 1.41. The van der Waals surface area contributed by atoms with Crippen LogP contribution < -0.4 is 21.7 Å². The molecule has 23 heavy (non-hydrogen) atoms. The number of nitrogens with two attached hydrogens (primary N) is 1. The van der Waals surface area contributed by atoms with Gasteiger partial charge in [0.1, 0.15) is 0 Å². The van der Waals surface area contributed by atoms with Gasteiger partial charge in [0.15, 0.2) is 0 Å². The highest BCUT2D eigenvalue weighted by molar-refractivity contribution is 7.10. The lowest BCUT2D eigenvalue weighted by atomic mass is 10.00. The highest BCUT2D eigenvalue weighted by atomic mass is 32.1. The highest BCUT2D eigenvalue weighted by Crippen LogP contribution is 2.27. The van der Waals surface area contributed by atoms with Crippen LogP contribution in [0.15, 0.2) is 35.7 Å². The molecule has 1 atom stereocenters. The van der Waals surface area contributed by atoms with E-state index in [9.17, 15) is 0 Å². The van der Waals surface area contributed by atoms with Crippen molar-refractivity contribution in [1.82, 2.24) is 10.6 Å². The van der Waals surface area contributed by atoms with Crippen LogP contribution in [-0.4, -0.2) is 19.6 Å². The van der Waals surface area contributed by atoms with Gasteiger partial charge in [-0.05, 0) is 48.5 Å². The van der Waals surface area contributed by atoms with Gasteiger partial charge in [-0.1, -0.05) is 18.6 Å². The van der Waals surface area contributed by atoms with E-state index in [-0.39, 0.29) is 0 Å². The summed E-state index contributed by atoms with van der Waals surface area (Å²) in [5.41, 5.74) is 9.18. The van der Waals surface area contributed by atoms with Crippen LogP contribution in [0.1, 0.15) is 35.7 Å². The number of rotatable bonds is 7. The Labute approximate surface area is 142 Å². The molecule has 1 aromatic carbocycles. The lowest BCUT2D eigenvalue weighted by Gasteiger charge is -2.22. The van der Waals surface area contributed by atoms with Gasteiger partial charge in [-0.25, -0.2) is 0 Å². The van der Waals surface area contributed by atoms with Crippen LogP contribution in [0.5, 0.6) is 0 Å². The molecule has 0 aliphatic carbocycles. The lowest BCUT2D eigenvalue weighted by molar-refractivity contribution is 0.413. The van der Waals surface area contributed by atoms with Gasteiger partial charge in [0, 0.05) is 30.6 Å². The Hall–Kier alpha value is -1.56. The van der Waals surface area contributed by atoms with E-state index in [1.807, 2.05) is 35.6 Å². The van der Waals surface area contributed by atoms with Gasteiger partial charge in [0.25, 0.3) is 0 Å². The maximum atomic E-state index is 5.91. The van der Waals surface area contributed by atoms with Crippen LogP contribution in [-0.2, 0) is 6.54 Å². The van der Waals surface area contributed by atoms with Crippen molar-refractivity contribution in [2.45, 2.75) is 31.8 Å². The standard InChI is InChI=1S/C18H26N4S/c19-16-5-1-2-7-18(16)22-10-9-20-12-15-11-14(13-23-15)17-6-3-4-8-21-17/h1-2,5,7,11,13,17,20-22H,3-4,6,8-10,12,19H2. The van der Waals surface area contributed by atoms with E-state index in [4.69, 9.17) is 5.73 Å². The summed E-state index contributed by atoms with van der Waals surface area (Å²) in [5, 5.41) is 12.8. The molecule has 1 fully saturated rings. The third-order valence-electron chi connectivity index (χ3n) is 4.26. The first-order valence-electron chi connectivity index (χ1n) is 8.43. The summed E-state index contributed by atoms with van der Waals surface area (Å²) in [5.74, 6) is 0. The van der Waals surface area contributed by atoms with Gasteiger partial charge in [-0.3, -0.25) is 0 Å². The molecule has 2 heterocycles. The molecular weight excluding hydrogens is 304 g/mol. The second kappa shape index (κ2) is 8.34. The maximum Gasteiger partial charge on any atom is 0.0574 e. The molecule has 1 saturated heterocycles. The molecule has 5 heteroatoms. The monoisotopic (exact) mass is 330 g/mol. The molecule has 1 aromatic heterocycles. The quantitative estimate of drug-likeness (QED) is 0.464. The van der Waals surface area contributed by atoms with Gasteiger partial charge in [-0.2, -0.15) is 0 Å². The van der Waals surface area contributed by atoms with Gasteiger partial charge in [0.2, 0.25) is 0 Å². The topological polar surface area (TPSA) is 62.1 Å². The zero-order valence-electron chi connectivity index (χ0n) is 13.5. The van der Waals surface area contributed by atoms with Crippen LogP contribution in [0.4, 0.5) is 11.4 Å². The summed E-state index contributed by atoms with van der Waals surface area (Å²) in [6.45, 7) is 3.88. The normalized spacial score (nSPS) is 18.0. The van der Waals surface area contributed by atoms with E-state index >= 15 is 0 Å². The van der Waals surface area contributed by atoms with Crippen LogP contribution in [0.3, 0.4) is 0 Å². The van der Waals surface area contributed by atoms with E-state index in [2.05, 4.69) is 27.4 Å².